The molecule has 7 heteroatoms. The number of nitrogens with two attached hydrogens (primary N) is 1. The first-order chi connectivity index (χ1) is 14.1. The standard InChI is InChI=1S/C22H29N3O3S/c1-2-3-9-21(28-20-8-6-7-18(16-20)25(29)22(23)26)27-19-12-10-17(11-13-19)24-14-4-5-15-24/h6-8,10-13,16,21,29H,2-5,9,14-15H2,1H3,(H2,23,26). The van der Waals surface area contributed by atoms with Gasteiger partial charge in [-0.05, 0) is 55.7 Å². The first-order valence-electron chi connectivity index (χ1n) is 10.1. The Morgan fingerprint density at radius 2 is 1.83 bits per heavy atom. The number of hydrogen-bond acceptors (Lipinski definition) is 5. The summed E-state index contributed by atoms with van der Waals surface area (Å²) >= 11 is 4.10. The number of hydrogen-bond donors (Lipinski definition) is 2. The van der Waals surface area contributed by atoms with Crippen molar-refractivity contribution in [2.24, 2.45) is 5.73 Å². The number of thiol groups is 1. The highest BCUT2D eigenvalue weighted by Crippen LogP contribution is 2.27. The topological polar surface area (TPSA) is 68.0 Å². The van der Waals surface area contributed by atoms with Crippen molar-refractivity contribution >= 4 is 30.2 Å². The van der Waals surface area contributed by atoms with Crippen molar-refractivity contribution < 1.29 is 14.3 Å². The second-order valence-electron chi connectivity index (χ2n) is 7.14. The zero-order chi connectivity index (χ0) is 20.6. The Balaban J connectivity index is 1.68. The number of urea groups is 1. The van der Waals surface area contributed by atoms with Crippen LogP contribution in [0.2, 0.25) is 0 Å². The van der Waals surface area contributed by atoms with E-state index < -0.39 is 12.3 Å². The maximum absolute atomic E-state index is 11.3. The van der Waals surface area contributed by atoms with Crippen molar-refractivity contribution in [2.45, 2.75) is 45.3 Å². The lowest BCUT2D eigenvalue weighted by molar-refractivity contribution is -0.00206. The van der Waals surface area contributed by atoms with Crippen LogP contribution in [-0.4, -0.2) is 25.4 Å². The predicted octanol–water partition coefficient (Wildman–Crippen LogP) is 4.99. The highest BCUT2D eigenvalue weighted by molar-refractivity contribution is 7.82. The highest BCUT2D eigenvalue weighted by atomic mass is 32.1. The van der Waals surface area contributed by atoms with Gasteiger partial charge < -0.3 is 20.1 Å². The third-order valence-electron chi connectivity index (χ3n) is 4.91. The van der Waals surface area contributed by atoms with E-state index in [1.165, 1.54) is 18.5 Å². The minimum absolute atomic E-state index is 0.426. The molecular formula is C22H29N3O3S. The van der Waals surface area contributed by atoms with Crippen LogP contribution in [0.15, 0.2) is 48.5 Å². The maximum Gasteiger partial charge on any atom is 0.329 e. The Hall–Kier alpha value is -2.54. The smallest absolute Gasteiger partial charge is 0.329 e. The minimum atomic E-state index is -0.651. The molecule has 2 N–H and O–H groups in total. The van der Waals surface area contributed by atoms with Crippen LogP contribution in [0.4, 0.5) is 16.2 Å². The molecule has 0 spiro atoms. The summed E-state index contributed by atoms with van der Waals surface area (Å²) in [7, 11) is 0. The van der Waals surface area contributed by atoms with Crippen LogP contribution < -0.4 is 24.4 Å². The SMILES string of the molecule is CCCCC(Oc1ccc(N2CCCC2)cc1)Oc1cccc(N(S)C(N)=O)c1. The van der Waals surface area contributed by atoms with Crippen molar-refractivity contribution in [3.63, 3.8) is 0 Å². The average Bonchev–Trinajstić information content (AvgIpc) is 3.27. The van der Waals surface area contributed by atoms with Gasteiger partial charge in [0.1, 0.15) is 11.5 Å². The molecule has 3 rings (SSSR count). The monoisotopic (exact) mass is 415 g/mol. The summed E-state index contributed by atoms with van der Waals surface area (Å²) in [5, 5.41) is 0. The number of benzene rings is 2. The fourth-order valence-corrected chi connectivity index (χ4v) is 3.47. The van der Waals surface area contributed by atoms with E-state index in [1.54, 1.807) is 18.2 Å². The highest BCUT2D eigenvalue weighted by Gasteiger charge is 2.16. The van der Waals surface area contributed by atoms with Gasteiger partial charge in [0.15, 0.2) is 0 Å². The molecule has 1 aliphatic rings. The number of unbranched alkanes of at least 4 members (excludes halogenated alkanes) is 1. The Morgan fingerprint density at radius 3 is 2.48 bits per heavy atom. The summed E-state index contributed by atoms with van der Waals surface area (Å²) in [6.45, 7) is 4.37. The Bertz CT molecular complexity index is 794. The molecule has 2 amide bonds. The number of amides is 2. The molecular weight excluding hydrogens is 386 g/mol. The van der Waals surface area contributed by atoms with Gasteiger partial charge in [0.2, 0.25) is 6.29 Å². The largest absolute Gasteiger partial charge is 0.455 e. The van der Waals surface area contributed by atoms with Gasteiger partial charge >= 0.3 is 6.03 Å². The number of carbonyl (C=O) groups excluding carboxylic acids is 1. The van der Waals surface area contributed by atoms with Crippen LogP contribution in [0, 0.1) is 0 Å². The van der Waals surface area contributed by atoms with Gasteiger partial charge in [0.25, 0.3) is 0 Å². The van der Waals surface area contributed by atoms with Crippen LogP contribution in [0.1, 0.15) is 39.0 Å². The van der Waals surface area contributed by atoms with E-state index in [0.717, 1.165) is 42.4 Å². The molecule has 1 unspecified atom stereocenters. The van der Waals surface area contributed by atoms with Crippen molar-refractivity contribution in [3.8, 4) is 11.5 Å². The Labute approximate surface area is 178 Å². The summed E-state index contributed by atoms with van der Waals surface area (Å²) in [4.78, 5) is 13.7. The molecule has 0 bridgehead atoms. The molecule has 1 saturated heterocycles. The van der Waals surface area contributed by atoms with E-state index in [2.05, 4.69) is 36.8 Å². The molecule has 0 saturated carbocycles. The third kappa shape index (κ3) is 5.97. The molecule has 0 aromatic heterocycles. The fourth-order valence-electron chi connectivity index (χ4n) is 3.34. The van der Waals surface area contributed by atoms with Crippen molar-refractivity contribution in [1.29, 1.82) is 0 Å². The summed E-state index contributed by atoms with van der Waals surface area (Å²) < 4.78 is 13.3. The van der Waals surface area contributed by atoms with Crippen molar-refractivity contribution in [3.05, 3.63) is 48.5 Å². The second kappa shape index (κ2) is 10.3. The van der Waals surface area contributed by atoms with Crippen molar-refractivity contribution in [1.82, 2.24) is 0 Å². The average molecular weight is 416 g/mol. The van der Waals surface area contributed by atoms with Gasteiger partial charge in [-0.3, -0.25) is 0 Å². The van der Waals surface area contributed by atoms with E-state index in [0.29, 0.717) is 11.4 Å². The Morgan fingerprint density at radius 1 is 1.14 bits per heavy atom. The van der Waals surface area contributed by atoms with E-state index in [4.69, 9.17) is 15.2 Å². The number of rotatable bonds is 9. The maximum atomic E-state index is 11.3. The lowest BCUT2D eigenvalue weighted by atomic mass is 10.2. The molecule has 1 heterocycles. The predicted molar refractivity (Wildman–Crippen MR) is 120 cm³/mol. The van der Waals surface area contributed by atoms with Crippen LogP contribution in [0.25, 0.3) is 0 Å². The lowest BCUT2D eigenvalue weighted by Gasteiger charge is -2.22. The summed E-state index contributed by atoms with van der Waals surface area (Å²) in [6.07, 6.45) is 4.87. The summed E-state index contributed by atoms with van der Waals surface area (Å²) in [5.74, 6) is 1.37. The number of ether oxygens (including phenoxy) is 2. The zero-order valence-corrected chi connectivity index (χ0v) is 17.7. The Kier molecular flexibility index (Phi) is 7.52. The van der Waals surface area contributed by atoms with Gasteiger partial charge in [0.05, 0.1) is 5.69 Å². The number of nitrogens with zero attached hydrogens (tertiary/aromatic N) is 2. The van der Waals surface area contributed by atoms with Gasteiger partial charge in [-0.25, -0.2) is 9.10 Å². The molecule has 2 aromatic carbocycles. The first kappa shape index (κ1) is 21.2. The van der Waals surface area contributed by atoms with Gasteiger partial charge in [-0.1, -0.05) is 32.2 Å². The second-order valence-corrected chi connectivity index (χ2v) is 7.54. The third-order valence-corrected chi connectivity index (χ3v) is 5.34. The molecule has 1 aliphatic heterocycles. The summed E-state index contributed by atoms with van der Waals surface area (Å²) in [5.41, 5.74) is 7.06. The zero-order valence-electron chi connectivity index (χ0n) is 16.8. The van der Waals surface area contributed by atoms with Crippen LogP contribution in [-0.2, 0) is 0 Å². The summed E-state index contributed by atoms with van der Waals surface area (Å²) in [6, 6.07) is 14.6. The molecule has 0 radical (unpaired) electrons. The van der Waals surface area contributed by atoms with Crippen LogP contribution in [0.3, 0.4) is 0 Å². The van der Waals surface area contributed by atoms with Gasteiger partial charge in [0, 0.05) is 31.3 Å². The molecule has 6 nitrogen and oxygen atoms in total. The van der Waals surface area contributed by atoms with E-state index in [-0.39, 0.29) is 0 Å². The number of anilines is 2. The van der Waals surface area contributed by atoms with Crippen LogP contribution >= 0.6 is 12.8 Å². The number of carbonyl (C=O) groups is 1. The molecule has 1 fully saturated rings. The molecule has 0 aliphatic carbocycles. The normalized spacial score (nSPS) is 14.5. The van der Waals surface area contributed by atoms with Gasteiger partial charge in [-0.15, -0.1) is 0 Å². The van der Waals surface area contributed by atoms with E-state index >= 15 is 0 Å². The molecule has 1 atom stereocenters. The van der Waals surface area contributed by atoms with Gasteiger partial charge in [-0.2, -0.15) is 0 Å². The van der Waals surface area contributed by atoms with Crippen LogP contribution in [0.5, 0.6) is 11.5 Å². The van der Waals surface area contributed by atoms with Crippen molar-refractivity contribution in [2.75, 3.05) is 22.3 Å². The first-order valence-corrected chi connectivity index (χ1v) is 10.5. The quantitative estimate of drug-likeness (QED) is 0.447. The molecule has 156 valence electrons. The molecule has 2 aromatic rings. The molecule has 29 heavy (non-hydrogen) atoms. The number of primary amides is 1. The fraction of sp³-hybridized carbons (Fsp3) is 0.409. The van der Waals surface area contributed by atoms with E-state index in [1.807, 2.05) is 18.2 Å². The lowest BCUT2D eigenvalue weighted by Crippen LogP contribution is -2.27. The minimum Gasteiger partial charge on any atom is -0.455 e. The van der Waals surface area contributed by atoms with E-state index in [9.17, 15) is 4.79 Å².